The van der Waals surface area contributed by atoms with Crippen LogP contribution in [0.2, 0.25) is 5.02 Å². The summed E-state index contributed by atoms with van der Waals surface area (Å²) in [7, 11) is 0. The number of benzene rings is 2. The minimum absolute atomic E-state index is 0.0263. The highest BCUT2D eigenvalue weighted by atomic mass is 35.5. The lowest BCUT2D eigenvalue weighted by Gasteiger charge is -2.24. The number of aliphatic hydroxyl groups is 1. The molecule has 1 saturated heterocycles. The van der Waals surface area contributed by atoms with Gasteiger partial charge in [-0.25, -0.2) is 0 Å². The van der Waals surface area contributed by atoms with Gasteiger partial charge in [-0.1, -0.05) is 41.9 Å². The average Bonchev–Trinajstić information content (AvgIpc) is 3.47. The van der Waals surface area contributed by atoms with Crippen molar-refractivity contribution >= 4 is 17.5 Å². The van der Waals surface area contributed by atoms with Gasteiger partial charge < -0.3 is 19.3 Å². The quantitative estimate of drug-likeness (QED) is 0.486. The lowest BCUT2D eigenvalue weighted by atomic mass is 9.94. The number of aliphatic hydroxyl groups excluding tert-OH is 1. The van der Waals surface area contributed by atoms with Crippen LogP contribution in [-0.4, -0.2) is 40.3 Å². The molecule has 178 valence electrons. The normalized spacial score (nSPS) is 19.1. The van der Waals surface area contributed by atoms with Crippen molar-refractivity contribution < 1.29 is 19.2 Å². The van der Waals surface area contributed by atoms with E-state index in [2.05, 4.69) is 24.2 Å². The highest BCUT2D eigenvalue weighted by Crippen LogP contribution is 2.50. The van der Waals surface area contributed by atoms with Crippen molar-refractivity contribution in [1.29, 1.82) is 0 Å². The van der Waals surface area contributed by atoms with E-state index >= 15 is 0 Å². The fraction of sp³-hybridized carbons (Fsp3) is 0.407. The first kappa shape index (κ1) is 22.9. The van der Waals surface area contributed by atoms with Gasteiger partial charge in [-0.3, -0.25) is 4.79 Å². The molecule has 6 nitrogen and oxygen atoms in total. The zero-order valence-electron chi connectivity index (χ0n) is 19.7. The Morgan fingerprint density at radius 1 is 1.26 bits per heavy atom. The number of ether oxygens (including phenoxy) is 1. The van der Waals surface area contributed by atoms with Crippen molar-refractivity contribution in [3.05, 3.63) is 58.1 Å². The van der Waals surface area contributed by atoms with Crippen LogP contribution in [0.5, 0.6) is 5.75 Å². The lowest BCUT2D eigenvalue weighted by molar-refractivity contribution is -0.129. The first-order chi connectivity index (χ1) is 16.4. The molecule has 0 radical (unpaired) electrons. The van der Waals surface area contributed by atoms with Crippen molar-refractivity contribution in [3.63, 3.8) is 0 Å². The predicted molar refractivity (Wildman–Crippen MR) is 131 cm³/mol. The van der Waals surface area contributed by atoms with E-state index in [1.807, 2.05) is 43.0 Å². The second-order valence-electron chi connectivity index (χ2n) is 9.30. The van der Waals surface area contributed by atoms with Gasteiger partial charge >= 0.3 is 0 Å². The Hall–Kier alpha value is -2.83. The third-order valence-corrected chi connectivity index (χ3v) is 7.13. The second kappa shape index (κ2) is 9.08. The summed E-state index contributed by atoms with van der Waals surface area (Å²) >= 11 is 6.49. The van der Waals surface area contributed by atoms with E-state index in [1.165, 1.54) is 5.56 Å². The van der Waals surface area contributed by atoms with E-state index in [1.54, 1.807) is 0 Å². The van der Waals surface area contributed by atoms with Crippen molar-refractivity contribution in [2.45, 2.75) is 52.2 Å². The summed E-state index contributed by atoms with van der Waals surface area (Å²) in [5.74, 6) is 1.72. The maximum absolute atomic E-state index is 12.5. The van der Waals surface area contributed by atoms with Gasteiger partial charge in [0.2, 0.25) is 5.91 Å². The van der Waals surface area contributed by atoms with Crippen LogP contribution >= 0.6 is 11.6 Å². The van der Waals surface area contributed by atoms with Gasteiger partial charge in [0.1, 0.15) is 11.4 Å². The van der Waals surface area contributed by atoms with E-state index in [9.17, 15) is 9.90 Å². The largest absolute Gasteiger partial charge is 0.489 e. The van der Waals surface area contributed by atoms with Crippen LogP contribution in [0.1, 0.15) is 49.9 Å². The molecule has 1 aromatic heterocycles. The van der Waals surface area contributed by atoms with Crippen molar-refractivity contribution in [3.8, 4) is 28.3 Å². The molecule has 0 unspecified atom stereocenters. The summed E-state index contributed by atoms with van der Waals surface area (Å²) in [6.45, 7) is 6.37. The molecule has 2 aliphatic rings. The minimum Gasteiger partial charge on any atom is -0.489 e. The van der Waals surface area contributed by atoms with Gasteiger partial charge in [-0.05, 0) is 61.9 Å². The summed E-state index contributed by atoms with van der Waals surface area (Å²) in [5, 5.41) is 14.5. The number of nitrogens with zero attached hydrogens (tertiary/aromatic N) is 2. The molecule has 0 bridgehead atoms. The number of aromatic nitrogens is 1. The number of carbonyl (C=O) groups excluding carboxylic acids is 1. The molecule has 3 aromatic rings. The third-order valence-electron chi connectivity index (χ3n) is 6.83. The van der Waals surface area contributed by atoms with Gasteiger partial charge in [0.25, 0.3) is 0 Å². The van der Waals surface area contributed by atoms with E-state index in [0.29, 0.717) is 29.5 Å². The zero-order chi connectivity index (χ0) is 24.0. The van der Waals surface area contributed by atoms with Gasteiger partial charge in [0.05, 0.1) is 23.8 Å². The Kier molecular flexibility index (Phi) is 6.13. The molecular formula is C27H29ClN2O4. The lowest BCUT2D eigenvalue weighted by Crippen LogP contribution is -2.30. The maximum Gasteiger partial charge on any atom is 0.223 e. The van der Waals surface area contributed by atoms with Crippen molar-refractivity contribution in [2.24, 2.45) is 5.92 Å². The summed E-state index contributed by atoms with van der Waals surface area (Å²) in [6, 6.07) is 11.9. The number of likely N-dealkylation sites (tertiary alicyclic amines) is 1. The molecule has 34 heavy (non-hydrogen) atoms. The van der Waals surface area contributed by atoms with Crippen LogP contribution in [0, 0.1) is 5.92 Å². The third kappa shape index (κ3) is 3.79. The highest BCUT2D eigenvalue weighted by Gasteiger charge is 2.46. The molecule has 1 N–H and O–H groups in total. The Balaban J connectivity index is 1.54. The first-order valence-corrected chi connectivity index (χ1v) is 12.3. The average molecular weight is 481 g/mol. The molecule has 5 rings (SSSR count). The number of rotatable bonds is 7. The summed E-state index contributed by atoms with van der Waals surface area (Å²) in [4.78, 5) is 14.3. The SMILES string of the molecule is CCc1c(-c2cccc3c2C[C@@H]2CC(=O)N(CCO)[C@H]32)noc1-c1ccc(OC(C)C)c(Cl)c1. The minimum atomic E-state index is -0.0276. The predicted octanol–water partition coefficient (Wildman–Crippen LogP) is 5.45. The molecule has 1 aliphatic carbocycles. The molecule has 1 fully saturated rings. The number of hydrogen-bond donors (Lipinski definition) is 1. The number of halogens is 1. The number of β-amino-alcohol motifs (C(OH)–C–C–N with tert-alkyl or cyclic N) is 1. The van der Waals surface area contributed by atoms with E-state index < -0.39 is 0 Å². The van der Waals surface area contributed by atoms with Crippen LogP contribution in [0.4, 0.5) is 0 Å². The summed E-state index contributed by atoms with van der Waals surface area (Å²) < 4.78 is 11.7. The Morgan fingerprint density at radius 3 is 2.79 bits per heavy atom. The molecule has 2 heterocycles. The zero-order valence-corrected chi connectivity index (χ0v) is 20.4. The maximum atomic E-state index is 12.5. The molecule has 0 spiro atoms. The molecule has 1 aliphatic heterocycles. The monoisotopic (exact) mass is 480 g/mol. The standard InChI is InChI=1S/C27H29ClN2O4/c1-4-18-25(29-34-27(18)16-8-9-23(22(28)13-16)33-15(2)3)19-6-5-7-20-21(19)12-17-14-24(32)30(10-11-31)26(17)20/h5-9,13,15,17,26,31H,4,10-12,14H2,1-3H3/t17-,26+/m1/s1. The number of hydrogen-bond acceptors (Lipinski definition) is 5. The van der Waals surface area contributed by atoms with E-state index in [0.717, 1.165) is 40.8 Å². The Bertz CT molecular complexity index is 1240. The Morgan fingerprint density at radius 2 is 2.09 bits per heavy atom. The first-order valence-electron chi connectivity index (χ1n) is 11.9. The van der Waals surface area contributed by atoms with Crippen LogP contribution in [0.25, 0.3) is 22.6 Å². The molecule has 0 saturated carbocycles. The Labute approximate surface area is 204 Å². The number of carbonyl (C=O) groups is 1. The van der Waals surface area contributed by atoms with Gasteiger partial charge in [-0.15, -0.1) is 0 Å². The summed E-state index contributed by atoms with van der Waals surface area (Å²) in [5.41, 5.74) is 6.17. The van der Waals surface area contributed by atoms with Crippen molar-refractivity contribution in [2.75, 3.05) is 13.2 Å². The van der Waals surface area contributed by atoms with Crippen molar-refractivity contribution in [1.82, 2.24) is 10.1 Å². The van der Waals surface area contributed by atoms with Crippen LogP contribution in [0.3, 0.4) is 0 Å². The van der Waals surface area contributed by atoms with Gasteiger partial charge in [0.15, 0.2) is 5.76 Å². The van der Waals surface area contributed by atoms with E-state index in [4.69, 9.17) is 20.9 Å². The fourth-order valence-corrected chi connectivity index (χ4v) is 5.73. The molecule has 2 atom stereocenters. The number of fused-ring (bicyclic) bond motifs is 3. The molecule has 1 amide bonds. The number of amides is 1. The molecule has 2 aromatic carbocycles. The highest BCUT2D eigenvalue weighted by molar-refractivity contribution is 6.32. The van der Waals surface area contributed by atoms with E-state index in [-0.39, 0.29) is 30.6 Å². The second-order valence-corrected chi connectivity index (χ2v) is 9.71. The van der Waals surface area contributed by atoms with Crippen LogP contribution in [0.15, 0.2) is 40.9 Å². The summed E-state index contributed by atoms with van der Waals surface area (Å²) in [6.07, 6.45) is 2.13. The molecular weight excluding hydrogens is 452 g/mol. The fourth-order valence-electron chi connectivity index (χ4n) is 5.50. The smallest absolute Gasteiger partial charge is 0.223 e. The van der Waals surface area contributed by atoms with Crippen LogP contribution < -0.4 is 4.74 Å². The molecule has 7 heteroatoms. The van der Waals surface area contributed by atoms with Gasteiger partial charge in [-0.2, -0.15) is 0 Å². The topological polar surface area (TPSA) is 75.8 Å². The van der Waals surface area contributed by atoms with Gasteiger partial charge in [0, 0.05) is 29.7 Å². The van der Waals surface area contributed by atoms with Crippen LogP contribution in [-0.2, 0) is 17.6 Å².